The summed E-state index contributed by atoms with van der Waals surface area (Å²) in [5, 5.41) is 8.09. The van der Waals surface area contributed by atoms with Crippen LogP contribution in [-0.2, 0) is 0 Å². The number of hydrogen-bond acceptors (Lipinski definition) is 3. The first-order valence-corrected chi connectivity index (χ1v) is 5.62. The van der Waals surface area contributed by atoms with Crippen LogP contribution >= 0.6 is 15.9 Å². The number of nitrogens with zero attached hydrogens (tertiary/aromatic N) is 2. The van der Waals surface area contributed by atoms with Crippen molar-refractivity contribution in [2.24, 2.45) is 21.9 Å². The quantitative estimate of drug-likeness (QED) is 0.834. The summed E-state index contributed by atoms with van der Waals surface area (Å²) in [7, 11) is 0. The predicted molar refractivity (Wildman–Crippen MR) is 66.1 cm³/mol. The number of hydrogen-bond donors (Lipinski definition) is 1. The molecular formula is C11H12BrN3. The fourth-order valence-electron chi connectivity index (χ4n) is 1.47. The Balaban J connectivity index is 2.29. The smallest absolute Gasteiger partial charge is 0.125 e. The second kappa shape index (κ2) is 4.14. The van der Waals surface area contributed by atoms with Gasteiger partial charge in [-0.25, -0.2) is 0 Å². The minimum atomic E-state index is 0.279. The summed E-state index contributed by atoms with van der Waals surface area (Å²) in [5.41, 5.74) is 7.79. The third kappa shape index (κ3) is 2.26. The van der Waals surface area contributed by atoms with Crippen molar-refractivity contribution in [3.8, 4) is 0 Å². The van der Waals surface area contributed by atoms with Gasteiger partial charge in [0, 0.05) is 16.8 Å². The number of rotatable bonds is 1. The minimum absolute atomic E-state index is 0.279. The van der Waals surface area contributed by atoms with E-state index >= 15 is 0 Å². The van der Waals surface area contributed by atoms with Crippen LogP contribution in [0.25, 0.3) is 0 Å². The van der Waals surface area contributed by atoms with Crippen LogP contribution in [0.15, 0.2) is 38.9 Å². The van der Waals surface area contributed by atoms with Gasteiger partial charge in [0.15, 0.2) is 0 Å². The summed E-state index contributed by atoms with van der Waals surface area (Å²) in [6.45, 7) is 2.06. The lowest BCUT2D eigenvalue weighted by Crippen LogP contribution is -2.26. The van der Waals surface area contributed by atoms with E-state index in [1.54, 1.807) is 0 Å². The van der Waals surface area contributed by atoms with Crippen molar-refractivity contribution in [2.45, 2.75) is 13.3 Å². The molecule has 0 saturated heterocycles. The van der Waals surface area contributed by atoms with E-state index in [1.807, 2.05) is 24.3 Å². The summed E-state index contributed by atoms with van der Waals surface area (Å²) >= 11 is 3.40. The molecule has 1 aromatic carbocycles. The molecule has 4 heteroatoms. The Morgan fingerprint density at radius 2 is 1.93 bits per heavy atom. The van der Waals surface area contributed by atoms with Gasteiger partial charge in [-0.2, -0.15) is 5.10 Å². The molecule has 3 nitrogen and oxygen atoms in total. The first kappa shape index (κ1) is 10.4. The number of halogens is 1. The van der Waals surface area contributed by atoms with E-state index in [1.165, 1.54) is 0 Å². The molecule has 0 aliphatic carbocycles. The first-order valence-electron chi connectivity index (χ1n) is 4.82. The second-order valence-corrected chi connectivity index (χ2v) is 4.60. The standard InChI is InChI=1S/C11H12BrN3/c1-7-6-10(14-15-11(7)13)8-2-4-9(12)5-3-8/h2-5,7H,6H2,1H3,(H2,13,15). The van der Waals surface area contributed by atoms with Gasteiger partial charge in [-0.3, -0.25) is 0 Å². The average Bonchev–Trinajstić information content (AvgIpc) is 2.23. The van der Waals surface area contributed by atoms with Gasteiger partial charge < -0.3 is 5.73 Å². The maximum absolute atomic E-state index is 5.68. The molecule has 0 aromatic heterocycles. The van der Waals surface area contributed by atoms with Gasteiger partial charge in [-0.05, 0) is 17.7 Å². The van der Waals surface area contributed by atoms with Crippen LogP contribution in [-0.4, -0.2) is 11.5 Å². The fourth-order valence-corrected chi connectivity index (χ4v) is 1.73. The summed E-state index contributed by atoms with van der Waals surface area (Å²) in [5.74, 6) is 0.900. The van der Waals surface area contributed by atoms with Crippen molar-refractivity contribution in [1.82, 2.24) is 0 Å². The lowest BCUT2D eigenvalue weighted by Gasteiger charge is -2.15. The van der Waals surface area contributed by atoms with E-state index in [0.29, 0.717) is 5.84 Å². The SMILES string of the molecule is CC1CC(c2ccc(Br)cc2)=NN=C1N. The lowest BCUT2D eigenvalue weighted by molar-refractivity contribution is 0.779. The Hall–Kier alpha value is -1.16. The van der Waals surface area contributed by atoms with Crippen LogP contribution in [0.4, 0.5) is 0 Å². The van der Waals surface area contributed by atoms with Crippen molar-refractivity contribution in [1.29, 1.82) is 0 Å². The molecule has 0 bridgehead atoms. The third-order valence-corrected chi connectivity index (χ3v) is 3.00. The Morgan fingerprint density at radius 3 is 2.53 bits per heavy atom. The minimum Gasteiger partial charge on any atom is -0.385 e. The molecule has 1 aliphatic rings. The number of benzene rings is 1. The average molecular weight is 266 g/mol. The van der Waals surface area contributed by atoms with Crippen molar-refractivity contribution >= 4 is 27.5 Å². The van der Waals surface area contributed by atoms with Gasteiger partial charge in [-0.1, -0.05) is 35.0 Å². The van der Waals surface area contributed by atoms with E-state index in [9.17, 15) is 0 Å². The van der Waals surface area contributed by atoms with E-state index < -0.39 is 0 Å². The van der Waals surface area contributed by atoms with Crippen LogP contribution in [0, 0.1) is 5.92 Å². The van der Waals surface area contributed by atoms with Crippen LogP contribution in [0.5, 0.6) is 0 Å². The molecule has 0 spiro atoms. The zero-order valence-electron chi connectivity index (χ0n) is 8.44. The molecule has 1 heterocycles. The molecule has 15 heavy (non-hydrogen) atoms. The first-order chi connectivity index (χ1) is 7.16. The van der Waals surface area contributed by atoms with Crippen molar-refractivity contribution < 1.29 is 0 Å². The fraction of sp³-hybridized carbons (Fsp3) is 0.273. The molecule has 78 valence electrons. The predicted octanol–water partition coefficient (Wildman–Crippen LogP) is 2.55. The van der Waals surface area contributed by atoms with Gasteiger partial charge in [0.1, 0.15) is 5.84 Å². The normalized spacial score (nSPS) is 20.8. The summed E-state index contributed by atoms with van der Waals surface area (Å²) in [4.78, 5) is 0. The Labute approximate surface area is 97.2 Å². The largest absolute Gasteiger partial charge is 0.385 e. The molecule has 1 aliphatic heterocycles. The maximum atomic E-state index is 5.68. The van der Waals surface area contributed by atoms with Crippen LogP contribution in [0.1, 0.15) is 18.9 Å². The summed E-state index contributed by atoms with van der Waals surface area (Å²) < 4.78 is 1.07. The molecule has 1 unspecified atom stereocenters. The van der Waals surface area contributed by atoms with Gasteiger partial charge in [0.2, 0.25) is 0 Å². The molecule has 1 aromatic rings. The van der Waals surface area contributed by atoms with Crippen LogP contribution < -0.4 is 5.73 Å². The van der Waals surface area contributed by atoms with Gasteiger partial charge >= 0.3 is 0 Å². The Morgan fingerprint density at radius 1 is 1.27 bits per heavy atom. The third-order valence-electron chi connectivity index (χ3n) is 2.47. The highest BCUT2D eigenvalue weighted by molar-refractivity contribution is 9.10. The lowest BCUT2D eigenvalue weighted by atomic mass is 9.97. The zero-order chi connectivity index (χ0) is 10.8. The molecular weight excluding hydrogens is 254 g/mol. The Bertz CT molecular complexity index is 420. The molecule has 0 radical (unpaired) electrons. The molecule has 2 rings (SSSR count). The number of amidine groups is 1. The summed E-state index contributed by atoms with van der Waals surface area (Å²) in [6.07, 6.45) is 0.858. The van der Waals surface area contributed by atoms with E-state index in [4.69, 9.17) is 5.73 Å². The van der Waals surface area contributed by atoms with Crippen molar-refractivity contribution in [3.05, 3.63) is 34.3 Å². The van der Waals surface area contributed by atoms with Crippen LogP contribution in [0.2, 0.25) is 0 Å². The zero-order valence-corrected chi connectivity index (χ0v) is 10.0. The van der Waals surface area contributed by atoms with Crippen LogP contribution in [0.3, 0.4) is 0 Å². The van der Waals surface area contributed by atoms with Gasteiger partial charge in [0.05, 0.1) is 5.71 Å². The van der Waals surface area contributed by atoms with E-state index in [-0.39, 0.29) is 5.92 Å². The number of nitrogens with two attached hydrogens (primary N) is 1. The molecule has 2 N–H and O–H groups in total. The van der Waals surface area contributed by atoms with Crippen molar-refractivity contribution in [3.63, 3.8) is 0 Å². The molecule has 0 amide bonds. The molecule has 0 saturated carbocycles. The van der Waals surface area contributed by atoms with E-state index in [2.05, 4.69) is 33.1 Å². The van der Waals surface area contributed by atoms with Gasteiger partial charge in [-0.15, -0.1) is 5.10 Å². The Kier molecular flexibility index (Phi) is 2.86. The topological polar surface area (TPSA) is 50.7 Å². The van der Waals surface area contributed by atoms with Gasteiger partial charge in [0.25, 0.3) is 0 Å². The highest BCUT2D eigenvalue weighted by Crippen LogP contribution is 2.17. The summed E-state index contributed by atoms with van der Waals surface area (Å²) in [6, 6.07) is 8.08. The molecule has 1 atom stereocenters. The van der Waals surface area contributed by atoms with Crippen molar-refractivity contribution in [2.75, 3.05) is 0 Å². The highest BCUT2D eigenvalue weighted by atomic mass is 79.9. The van der Waals surface area contributed by atoms with E-state index in [0.717, 1.165) is 22.2 Å². The monoisotopic (exact) mass is 265 g/mol. The maximum Gasteiger partial charge on any atom is 0.125 e. The molecule has 0 fully saturated rings. The highest BCUT2D eigenvalue weighted by Gasteiger charge is 2.16. The second-order valence-electron chi connectivity index (χ2n) is 3.68.